The number of allylic oxidation sites excluding steroid dienone is 2. The van der Waals surface area contributed by atoms with Crippen LogP contribution in [0.1, 0.15) is 41.7 Å². The number of rotatable bonds is 1. The molecule has 0 saturated heterocycles. The van der Waals surface area contributed by atoms with Gasteiger partial charge in [-0.25, -0.2) is 0 Å². The molecule has 0 aliphatic heterocycles. The Balaban J connectivity index is 2.83. The van der Waals surface area contributed by atoms with Crippen LogP contribution in [0.2, 0.25) is 19.6 Å². The van der Waals surface area contributed by atoms with E-state index in [1.807, 2.05) is 11.3 Å². The molecule has 1 aliphatic carbocycles. The van der Waals surface area contributed by atoms with Gasteiger partial charge in [-0.15, -0.1) is 11.3 Å². The number of hydrogen-bond acceptors (Lipinski definition) is 1. The summed E-state index contributed by atoms with van der Waals surface area (Å²) in [5, 5.41) is 0.335. The largest absolute Gasteiger partial charge is 0.140 e. The topological polar surface area (TPSA) is 0 Å². The Morgan fingerprint density at radius 3 is 2.00 bits per heavy atom. The molecule has 94 valence electrons. The van der Waals surface area contributed by atoms with Gasteiger partial charge in [-0.05, 0) is 44.4 Å². The van der Waals surface area contributed by atoms with Gasteiger partial charge in [0, 0.05) is 14.8 Å². The molecule has 0 fully saturated rings. The normalized spacial score (nSPS) is 24.5. The maximum absolute atomic E-state index is 2.51. The van der Waals surface area contributed by atoms with Crippen LogP contribution in [0.15, 0.2) is 5.57 Å². The van der Waals surface area contributed by atoms with E-state index in [0.29, 0.717) is 5.04 Å². The second-order valence-electron chi connectivity index (χ2n) is 6.61. The molecule has 0 amide bonds. The minimum Gasteiger partial charge on any atom is -0.140 e. The lowest BCUT2D eigenvalue weighted by Gasteiger charge is -2.40. The van der Waals surface area contributed by atoms with Crippen molar-refractivity contribution >= 4 is 25.0 Å². The molecule has 1 heterocycles. The molecule has 1 aromatic heterocycles. The highest BCUT2D eigenvalue weighted by Crippen LogP contribution is 2.55. The van der Waals surface area contributed by atoms with Crippen LogP contribution in [0.5, 0.6) is 0 Å². The monoisotopic (exact) mass is 264 g/mol. The average molecular weight is 265 g/mol. The van der Waals surface area contributed by atoms with Gasteiger partial charge >= 0.3 is 0 Å². The van der Waals surface area contributed by atoms with Crippen molar-refractivity contribution in [2.45, 2.75) is 59.3 Å². The molecule has 0 radical (unpaired) electrons. The van der Waals surface area contributed by atoms with E-state index in [-0.39, 0.29) is 0 Å². The lowest BCUT2D eigenvalue weighted by Crippen LogP contribution is -2.47. The second-order valence-corrected chi connectivity index (χ2v) is 13.3. The first-order chi connectivity index (χ1) is 7.62. The van der Waals surface area contributed by atoms with Crippen molar-refractivity contribution in [1.82, 2.24) is 0 Å². The van der Waals surface area contributed by atoms with E-state index < -0.39 is 8.07 Å². The van der Waals surface area contributed by atoms with E-state index in [1.54, 1.807) is 27.2 Å². The number of fused-ring (bicyclic) bond motifs is 1. The lowest BCUT2D eigenvalue weighted by atomic mass is 9.95. The van der Waals surface area contributed by atoms with Crippen molar-refractivity contribution in [2.24, 2.45) is 0 Å². The minimum atomic E-state index is -1.27. The van der Waals surface area contributed by atoms with E-state index in [2.05, 4.69) is 54.3 Å². The average Bonchev–Trinajstić information content (AvgIpc) is 2.59. The number of thiophene rings is 1. The van der Waals surface area contributed by atoms with Crippen LogP contribution >= 0.6 is 11.3 Å². The van der Waals surface area contributed by atoms with Gasteiger partial charge in [0.15, 0.2) is 0 Å². The van der Waals surface area contributed by atoms with Gasteiger partial charge in [0.2, 0.25) is 0 Å². The molecular weight excluding hydrogens is 240 g/mol. The third-order valence-corrected chi connectivity index (χ3v) is 9.99. The van der Waals surface area contributed by atoms with Crippen LogP contribution in [0.4, 0.5) is 0 Å². The molecule has 0 spiro atoms. The van der Waals surface area contributed by atoms with Crippen LogP contribution in [0.25, 0.3) is 5.57 Å². The molecule has 0 bridgehead atoms. The number of hydrogen-bond donors (Lipinski definition) is 0. The van der Waals surface area contributed by atoms with Gasteiger partial charge in [0.25, 0.3) is 0 Å². The summed E-state index contributed by atoms with van der Waals surface area (Å²) in [4.78, 5) is 3.08. The fourth-order valence-corrected chi connectivity index (χ4v) is 6.96. The van der Waals surface area contributed by atoms with Crippen molar-refractivity contribution in [3.05, 3.63) is 26.5 Å². The van der Waals surface area contributed by atoms with Gasteiger partial charge in [0.05, 0.1) is 8.07 Å². The molecule has 2 rings (SSSR count). The highest BCUT2D eigenvalue weighted by molar-refractivity contribution is 7.13. The first-order valence-corrected chi connectivity index (χ1v) is 10.7. The maximum Gasteiger partial charge on any atom is 0.0605 e. The Hall–Kier alpha value is -0.343. The predicted octanol–water partition coefficient (Wildman–Crippen LogP) is 5.31. The van der Waals surface area contributed by atoms with Crippen LogP contribution in [0, 0.1) is 13.8 Å². The molecule has 0 nitrogen and oxygen atoms in total. The third-order valence-electron chi connectivity index (χ3n) is 5.04. The Kier molecular flexibility index (Phi) is 2.76. The first kappa shape index (κ1) is 13.1. The maximum atomic E-state index is 2.51. The summed E-state index contributed by atoms with van der Waals surface area (Å²) in [5.41, 5.74) is 6.38. The fourth-order valence-electron chi connectivity index (χ4n) is 3.16. The van der Waals surface area contributed by atoms with Crippen molar-refractivity contribution in [1.29, 1.82) is 0 Å². The lowest BCUT2D eigenvalue weighted by molar-refractivity contribution is 0.767. The summed E-state index contributed by atoms with van der Waals surface area (Å²) >= 11 is 2.00. The van der Waals surface area contributed by atoms with E-state index in [9.17, 15) is 0 Å². The Morgan fingerprint density at radius 1 is 1.00 bits per heavy atom. The van der Waals surface area contributed by atoms with Crippen molar-refractivity contribution in [3.63, 3.8) is 0 Å². The van der Waals surface area contributed by atoms with Gasteiger partial charge in [-0.3, -0.25) is 0 Å². The van der Waals surface area contributed by atoms with Crippen LogP contribution < -0.4 is 0 Å². The third kappa shape index (κ3) is 1.46. The zero-order valence-corrected chi connectivity index (χ0v) is 14.2. The molecule has 1 aromatic rings. The Morgan fingerprint density at radius 2 is 1.53 bits per heavy atom. The highest BCUT2D eigenvalue weighted by Gasteiger charge is 2.49. The molecular formula is C15H24SSi. The smallest absolute Gasteiger partial charge is 0.0605 e. The zero-order valence-electron chi connectivity index (χ0n) is 12.4. The summed E-state index contributed by atoms with van der Waals surface area (Å²) in [6.45, 7) is 19.3. The van der Waals surface area contributed by atoms with Crippen LogP contribution in [-0.4, -0.2) is 8.07 Å². The standard InChI is InChI=1S/C15H24SSi/c1-9-11(3)15(5,17(6,7)8)13-10(2)12(4)16-14(9)13/h1-8H3. The predicted molar refractivity (Wildman–Crippen MR) is 82.8 cm³/mol. The summed E-state index contributed by atoms with van der Waals surface area (Å²) in [6.07, 6.45) is 0. The van der Waals surface area contributed by atoms with E-state index in [4.69, 9.17) is 0 Å². The molecule has 0 N–H and O–H groups in total. The van der Waals surface area contributed by atoms with Crippen molar-refractivity contribution < 1.29 is 0 Å². The summed E-state index contributed by atoms with van der Waals surface area (Å²) in [6, 6.07) is 0. The second kappa shape index (κ2) is 3.58. The quantitative estimate of drug-likeness (QED) is 0.603. The van der Waals surface area contributed by atoms with E-state index in [0.717, 1.165) is 0 Å². The van der Waals surface area contributed by atoms with Crippen LogP contribution in [-0.2, 0) is 5.04 Å². The van der Waals surface area contributed by atoms with Crippen molar-refractivity contribution in [2.75, 3.05) is 0 Å². The minimum absolute atomic E-state index is 0.335. The van der Waals surface area contributed by atoms with E-state index in [1.165, 1.54) is 4.88 Å². The Bertz CT molecular complexity index is 514. The molecule has 2 heteroatoms. The number of aryl methyl sites for hydroxylation is 1. The molecule has 1 aliphatic rings. The summed E-state index contributed by atoms with van der Waals surface area (Å²) in [5.74, 6) is 0. The highest BCUT2D eigenvalue weighted by atomic mass is 32.1. The summed E-state index contributed by atoms with van der Waals surface area (Å²) < 4.78 is 0. The van der Waals surface area contributed by atoms with Crippen LogP contribution in [0.3, 0.4) is 0 Å². The van der Waals surface area contributed by atoms with Gasteiger partial charge < -0.3 is 0 Å². The molecule has 17 heavy (non-hydrogen) atoms. The van der Waals surface area contributed by atoms with Gasteiger partial charge in [0.1, 0.15) is 0 Å². The molecule has 1 atom stereocenters. The summed E-state index contributed by atoms with van der Waals surface area (Å²) in [7, 11) is -1.27. The first-order valence-electron chi connectivity index (χ1n) is 6.41. The van der Waals surface area contributed by atoms with Crippen molar-refractivity contribution in [3.8, 4) is 0 Å². The van der Waals surface area contributed by atoms with Gasteiger partial charge in [-0.1, -0.05) is 32.1 Å². The SMILES string of the molecule is CC1=C(C)C(C)([Si](C)(C)C)c2c1sc(C)c2C. The zero-order chi connectivity index (χ0) is 13.2. The molecule has 1 unspecified atom stereocenters. The molecule has 0 saturated carbocycles. The Labute approximate surface area is 111 Å². The van der Waals surface area contributed by atoms with E-state index >= 15 is 0 Å². The molecule has 0 aromatic carbocycles. The van der Waals surface area contributed by atoms with Gasteiger partial charge in [-0.2, -0.15) is 0 Å². The fraction of sp³-hybridized carbons (Fsp3) is 0.600.